The van der Waals surface area contributed by atoms with Crippen molar-refractivity contribution in [2.24, 2.45) is 0 Å². The van der Waals surface area contributed by atoms with Gasteiger partial charge in [0.1, 0.15) is 18.2 Å². The van der Waals surface area contributed by atoms with Crippen LogP contribution in [0.15, 0.2) is 71.3 Å². The number of nitrogens with one attached hydrogen (secondary N) is 2. The van der Waals surface area contributed by atoms with Crippen LogP contribution in [-0.2, 0) is 11.3 Å². The third-order valence-electron chi connectivity index (χ3n) is 4.59. The molecule has 4 rings (SSSR count). The van der Waals surface area contributed by atoms with Crippen LogP contribution in [-0.4, -0.2) is 21.4 Å². The summed E-state index contributed by atoms with van der Waals surface area (Å²) < 4.78 is 20.0. The van der Waals surface area contributed by atoms with Crippen LogP contribution in [0.3, 0.4) is 0 Å². The van der Waals surface area contributed by atoms with Gasteiger partial charge in [0.25, 0.3) is 5.91 Å². The van der Waals surface area contributed by atoms with Gasteiger partial charge in [0.05, 0.1) is 23.3 Å². The van der Waals surface area contributed by atoms with Gasteiger partial charge in [-0.2, -0.15) is 0 Å². The highest BCUT2D eigenvalue weighted by atomic mass is 19.1. The topological polar surface area (TPSA) is 89.2 Å². The monoisotopic (exact) mass is 406 g/mol. The van der Waals surface area contributed by atoms with Gasteiger partial charge in [-0.3, -0.25) is 9.59 Å². The molecule has 1 unspecified atom stereocenters. The van der Waals surface area contributed by atoms with Crippen molar-refractivity contribution < 1.29 is 18.4 Å². The molecule has 2 aromatic heterocycles. The second kappa shape index (κ2) is 8.20. The van der Waals surface area contributed by atoms with Gasteiger partial charge in [-0.15, -0.1) is 0 Å². The van der Waals surface area contributed by atoms with E-state index in [1.807, 2.05) is 24.3 Å². The number of carbonyl (C=O) groups is 2. The Labute approximate surface area is 171 Å². The zero-order valence-electron chi connectivity index (χ0n) is 16.1. The van der Waals surface area contributed by atoms with Crippen molar-refractivity contribution in [3.05, 3.63) is 84.3 Å². The fourth-order valence-corrected chi connectivity index (χ4v) is 3.21. The maximum Gasteiger partial charge on any atom is 0.287 e. The van der Waals surface area contributed by atoms with E-state index < -0.39 is 6.04 Å². The lowest BCUT2D eigenvalue weighted by Gasteiger charge is -2.16. The molecular weight excluding hydrogens is 387 g/mol. The molecule has 7 nitrogen and oxygen atoms in total. The van der Waals surface area contributed by atoms with Gasteiger partial charge in [-0.25, -0.2) is 9.37 Å². The fraction of sp³-hybridized carbons (Fsp3) is 0.136. The third kappa shape index (κ3) is 4.07. The normalized spacial score (nSPS) is 11.9. The Hall–Kier alpha value is -3.94. The second-order valence-corrected chi connectivity index (χ2v) is 6.77. The average Bonchev–Trinajstić information content (AvgIpc) is 3.39. The first-order valence-corrected chi connectivity index (χ1v) is 9.36. The Bertz CT molecular complexity index is 1180. The molecule has 2 amide bonds. The van der Waals surface area contributed by atoms with E-state index in [4.69, 9.17) is 4.42 Å². The van der Waals surface area contributed by atoms with Crippen molar-refractivity contribution >= 4 is 28.5 Å². The highest BCUT2D eigenvalue weighted by Crippen LogP contribution is 2.21. The highest BCUT2D eigenvalue weighted by molar-refractivity contribution is 5.92. The maximum atomic E-state index is 13.1. The summed E-state index contributed by atoms with van der Waals surface area (Å²) in [4.78, 5) is 29.6. The first-order valence-electron chi connectivity index (χ1n) is 9.36. The molecule has 0 saturated carbocycles. The Morgan fingerprint density at radius 3 is 2.60 bits per heavy atom. The van der Waals surface area contributed by atoms with Crippen molar-refractivity contribution in [3.8, 4) is 0 Å². The molecule has 0 aliphatic heterocycles. The van der Waals surface area contributed by atoms with E-state index >= 15 is 0 Å². The summed E-state index contributed by atoms with van der Waals surface area (Å²) in [7, 11) is 0. The number of hydrogen-bond donors (Lipinski definition) is 2. The first kappa shape index (κ1) is 19.4. The maximum absolute atomic E-state index is 13.1. The van der Waals surface area contributed by atoms with E-state index in [1.165, 1.54) is 30.5 Å². The van der Waals surface area contributed by atoms with Gasteiger partial charge in [-0.05, 0) is 55.5 Å². The summed E-state index contributed by atoms with van der Waals surface area (Å²) in [6, 6.07) is 15.7. The van der Waals surface area contributed by atoms with Crippen LogP contribution in [0.5, 0.6) is 0 Å². The van der Waals surface area contributed by atoms with Gasteiger partial charge in [0.2, 0.25) is 5.91 Å². The largest absolute Gasteiger partial charge is 0.459 e. The van der Waals surface area contributed by atoms with Crippen molar-refractivity contribution in [1.82, 2.24) is 14.9 Å². The number of aromatic nitrogens is 2. The van der Waals surface area contributed by atoms with E-state index in [0.29, 0.717) is 17.0 Å². The van der Waals surface area contributed by atoms with Gasteiger partial charge in [-0.1, -0.05) is 12.1 Å². The van der Waals surface area contributed by atoms with Crippen molar-refractivity contribution in [2.75, 3.05) is 5.32 Å². The van der Waals surface area contributed by atoms with E-state index in [0.717, 1.165) is 5.52 Å². The lowest BCUT2D eigenvalue weighted by molar-refractivity contribution is -0.116. The van der Waals surface area contributed by atoms with Crippen LogP contribution in [0.1, 0.15) is 29.3 Å². The van der Waals surface area contributed by atoms with Gasteiger partial charge < -0.3 is 19.6 Å². The van der Waals surface area contributed by atoms with Crippen LogP contribution in [0.4, 0.5) is 10.1 Å². The zero-order chi connectivity index (χ0) is 21.1. The SMILES string of the molecule is CC(NC(=O)c1ccco1)c1nc2ccccc2n1CC(=O)Nc1ccc(F)cc1. The number of halogens is 1. The number of amides is 2. The molecule has 152 valence electrons. The number of furan rings is 1. The molecule has 0 radical (unpaired) electrons. The molecule has 2 aromatic carbocycles. The lowest BCUT2D eigenvalue weighted by Crippen LogP contribution is -2.29. The van der Waals surface area contributed by atoms with E-state index in [1.54, 1.807) is 23.6 Å². The minimum absolute atomic E-state index is 0.0197. The van der Waals surface area contributed by atoms with Crippen molar-refractivity contribution in [3.63, 3.8) is 0 Å². The van der Waals surface area contributed by atoms with Crippen LogP contribution in [0, 0.1) is 5.82 Å². The second-order valence-electron chi connectivity index (χ2n) is 6.77. The summed E-state index contributed by atoms with van der Waals surface area (Å²) in [6.45, 7) is 1.77. The average molecular weight is 406 g/mol. The molecular formula is C22H19FN4O3. The number of anilines is 1. The third-order valence-corrected chi connectivity index (χ3v) is 4.59. The molecule has 2 heterocycles. The summed E-state index contributed by atoms with van der Waals surface area (Å²) in [6.07, 6.45) is 1.43. The Kier molecular flexibility index (Phi) is 5.30. The Balaban J connectivity index is 1.59. The number of carbonyl (C=O) groups excluding carboxylic acids is 2. The molecule has 1 atom stereocenters. The quantitative estimate of drug-likeness (QED) is 0.508. The molecule has 0 saturated heterocycles. The molecule has 0 spiro atoms. The van der Waals surface area contributed by atoms with Crippen molar-refractivity contribution in [2.45, 2.75) is 19.5 Å². The van der Waals surface area contributed by atoms with Gasteiger partial charge >= 0.3 is 0 Å². The number of benzene rings is 2. The number of imidazole rings is 1. The van der Waals surface area contributed by atoms with Crippen LogP contribution >= 0.6 is 0 Å². The summed E-state index contributed by atoms with van der Waals surface area (Å²) in [5, 5.41) is 5.58. The smallest absolute Gasteiger partial charge is 0.287 e. The predicted octanol–water partition coefficient (Wildman–Crippen LogP) is 3.90. The Morgan fingerprint density at radius 1 is 1.10 bits per heavy atom. The van der Waals surface area contributed by atoms with Crippen molar-refractivity contribution in [1.29, 1.82) is 0 Å². The predicted molar refractivity (Wildman–Crippen MR) is 109 cm³/mol. The molecule has 0 aliphatic carbocycles. The minimum Gasteiger partial charge on any atom is -0.459 e. The summed E-state index contributed by atoms with van der Waals surface area (Å²) in [5.74, 6) is -0.321. The first-order chi connectivity index (χ1) is 14.5. The fourth-order valence-electron chi connectivity index (χ4n) is 3.21. The van der Waals surface area contributed by atoms with Crippen LogP contribution < -0.4 is 10.6 Å². The number of rotatable bonds is 6. The molecule has 8 heteroatoms. The van der Waals surface area contributed by atoms with E-state index in [2.05, 4.69) is 15.6 Å². The lowest BCUT2D eigenvalue weighted by atomic mass is 10.2. The standard InChI is InChI=1S/C22H19FN4O3/c1-14(24-22(29)19-7-4-12-30-19)21-26-17-5-2-3-6-18(17)27(21)13-20(28)25-16-10-8-15(23)9-11-16/h2-12,14H,13H2,1H3,(H,24,29)(H,25,28). The number of fused-ring (bicyclic) bond motifs is 1. The van der Waals surface area contributed by atoms with E-state index in [9.17, 15) is 14.0 Å². The minimum atomic E-state index is -0.478. The Morgan fingerprint density at radius 2 is 1.87 bits per heavy atom. The number of nitrogens with zero attached hydrogens (tertiary/aromatic N) is 2. The van der Waals surface area contributed by atoms with Crippen LogP contribution in [0.2, 0.25) is 0 Å². The van der Waals surface area contributed by atoms with Gasteiger partial charge in [0.15, 0.2) is 5.76 Å². The summed E-state index contributed by atoms with van der Waals surface area (Å²) in [5.41, 5.74) is 1.97. The molecule has 2 N–H and O–H groups in total. The highest BCUT2D eigenvalue weighted by Gasteiger charge is 2.21. The van der Waals surface area contributed by atoms with E-state index in [-0.39, 0.29) is 29.9 Å². The molecule has 0 aliphatic rings. The molecule has 0 bridgehead atoms. The molecule has 4 aromatic rings. The summed E-state index contributed by atoms with van der Waals surface area (Å²) >= 11 is 0. The molecule has 30 heavy (non-hydrogen) atoms. The zero-order valence-corrected chi connectivity index (χ0v) is 16.1. The number of para-hydroxylation sites is 2. The van der Waals surface area contributed by atoms with Crippen LogP contribution in [0.25, 0.3) is 11.0 Å². The van der Waals surface area contributed by atoms with Gasteiger partial charge in [0, 0.05) is 5.69 Å². The molecule has 0 fully saturated rings. The number of hydrogen-bond acceptors (Lipinski definition) is 4.